The van der Waals surface area contributed by atoms with Gasteiger partial charge in [-0.05, 0) is 24.0 Å². The first kappa shape index (κ1) is 20.4. The Hall–Kier alpha value is -2.90. The fourth-order valence-electron chi connectivity index (χ4n) is 4.57. The van der Waals surface area contributed by atoms with Crippen LogP contribution in [0.4, 0.5) is 0 Å². The van der Waals surface area contributed by atoms with Crippen LogP contribution in [0.3, 0.4) is 0 Å². The average molecular weight is 412 g/mol. The normalized spacial score (nSPS) is 21.2. The minimum Gasteiger partial charge on any atom is -0.347 e. The van der Waals surface area contributed by atoms with Gasteiger partial charge in [-0.15, -0.1) is 0 Å². The number of carbonyl (C=O) groups is 3. The maximum Gasteiger partial charge on any atom is 0.256 e. The lowest BCUT2D eigenvalue weighted by atomic mass is 9.92. The van der Waals surface area contributed by atoms with Crippen molar-refractivity contribution in [2.75, 3.05) is 26.2 Å². The molecule has 8 heteroatoms. The van der Waals surface area contributed by atoms with E-state index < -0.39 is 0 Å². The molecule has 2 saturated heterocycles. The highest BCUT2D eigenvalue weighted by Gasteiger charge is 2.44. The zero-order valence-electron chi connectivity index (χ0n) is 17.8. The van der Waals surface area contributed by atoms with Crippen LogP contribution in [0.15, 0.2) is 24.5 Å². The number of rotatable bonds is 4. The summed E-state index contributed by atoms with van der Waals surface area (Å²) < 4.78 is 0. The molecule has 2 N–H and O–H groups in total. The van der Waals surface area contributed by atoms with Gasteiger partial charge in [0, 0.05) is 32.0 Å². The highest BCUT2D eigenvalue weighted by Crippen LogP contribution is 2.32. The van der Waals surface area contributed by atoms with E-state index in [0.717, 1.165) is 11.9 Å². The molecule has 0 saturated carbocycles. The quantitative estimate of drug-likeness (QED) is 0.801. The van der Waals surface area contributed by atoms with Gasteiger partial charge < -0.3 is 20.1 Å². The van der Waals surface area contributed by atoms with Crippen molar-refractivity contribution in [3.63, 3.8) is 0 Å². The molecule has 8 nitrogen and oxygen atoms in total. The minimum atomic E-state index is -0.116. The maximum atomic E-state index is 13.1. The number of hydrogen-bond donors (Lipinski definition) is 2. The second-order valence-electron chi connectivity index (χ2n) is 9.53. The Morgan fingerprint density at radius 1 is 1.23 bits per heavy atom. The van der Waals surface area contributed by atoms with Gasteiger partial charge in [0.25, 0.3) is 5.91 Å². The highest BCUT2D eigenvalue weighted by molar-refractivity contribution is 6.05. The topological polar surface area (TPSA) is 98.4 Å². The fraction of sp³-hybridized carbons (Fsp3) is 0.545. The van der Waals surface area contributed by atoms with E-state index in [9.17, 15) is 14.4 Å². The summed E-state index contributed by atoms with van der Waals surface area (Å²) in [4.78, 5) is 48.9. The summed E-state index contributed by atoms with van der Waals surface area (Å²) in [6.07, 6.45) is 2.85. The number of carbonyl (C=O) groups excluding carboxylic acids is 3. The third-order valence-corrected chi connectivity index (χ3v) is 5.96. The number of aromatic nitrogens is 2. The van der Waals surface area contributed by atoms with Crippen molar-refractivity contribution in [2.45, 2.75) is 39.7 Å². The predicted octanol–water partition coefficient (Wildman–Crippen LogP) is 1.79. The van der Waals surface area contributed by atoms with Gasteiger partial charge in [-0.2, -0.15) is 0 Å². The van der Waals surface area contributed by atoms with Crippen molar-refractivity contribution < 1.29 is 14.4 Å². The molecule has 2 aliphatic heterocycles. The van der Waals surface area contributed by atoms with Crippen LogP contribution >= 0.6 is 0 Å². The molecule has 3 amide bonds. The lowest BCUT2D eigenvalue weighted by molar-refractivity contribution is -0.134. The molecule has 30 heavy (non-hydrogen) atoms. The van der Waals surface area contributed by atoms with Crippen molar-refractivity contribution in [2.24, 2.45) is 11.3 Å². The molecule has 0 spiro atoms. The van der Waals surface area contributed by atoms with Gasteiger partial charge in [0.1, 0.15) is 5.52 Å². The third-order valence-electron chi connectivity index (χ3n) is 5.96. The van der Waals surface area contributed by atoms with Crippen LogP contribution < -0.4 is 5.32 Å². The van der Waals surface area contributed by atoms with E-state index in [2.05, 4.69) is 15.3 Å². The number of hydrogen-bond acceptors (Lipinski definition) is 4. The van der Waals surface area contributed by atoms with Crippen molar-refractivity contribution in [1.82, 2.24) is 25.1 Å². The number of nitrogens with one attached hydrogen (secondary N) is 2. The summed E-state index contributed by atoms with van der Waals surface area (Å²) >= 11 is 0. The van der Waals surface area contributed by atoms with Crippen molar-refractivity contribution >= 4 is 28.8 Å². The van der Waals surface area contributed by atoms with Gasteiger partial charge in [-0.25, -0.2) is 4.98 Å². The van der Waals surface area contributed by atoms with Gasteiger partial charge in [-0.1, -0.05) is 26.8 Å². The number of amides is 3. The molecule has 4 rings (SSSR count). The Bertz CT molecular complexity index is 977. The van der Waals surface area contributed by atoms with E-state index in [0.29, 0.717) is 37.1 Å². The molecule has 0 unspecified atom stereocenters. The molecule has 2 fully saturated rings. The smallest absolute Gasteiger partial charge is 0.256 e. The van der Waals surface area contributed by atoms with Crippen LogP contribution in [0.5, 0.6) is 0 Å². The van der Waals surface area contributed by atoms with Gasteiger partial charge >= 0.3 is 0 Å². The number of H-pyrrole nitrogens is 1. The molecular formula is C22H29N5O3. The van der Waals surface area contributed by atoms with Crippen LogP contribution in [-0.4, -0.2) is 69.7 Å². The Balaban J connectivity index is 1.38. The molecule has 0 bridgehead atoms. The lowest BCUT2D eigenvalue weighted by Gasteiger charge is -2.25. The summed E-state index contributed by atoms with van der Waals surface area (Å²) in [5.41, 5.74) is 1.98. The van der Waals surface area contributed by atoms with E-state index in [-0.39, 0.29) is 41.6 Å². The highest BCUT2D eigenvalue weighted by atomic mass is 16.2. The number of aromatic amines is 1. The number of para-hydroxylation sites is 1. The Kier molecular flexibility index (Phi) is 5.26. The summed E-state index contributed by atoms with van der Waals surface area (Å²) in [6.45, 7) is 7.84. The van der Waals surface area contributed by atoms with E-state index in [1.165, 1.54) is 0 Å². The number of likely N-dealkylation sites (tertiary alicyclic amines) is 2. The van der Waals surface area contributed by atoms with Crippen LogP contribution in [0, 0.1) is 11.3 Å². The summed E-state index contributed by atoms with van der Waals surface area (Å²) in [5, 5.41) is 2.75. The molecule has 2 atom stereocenters. The fourth-order valence-corrected chi connectivity index (χ4v) is 4.57. The first-order chi connectivity index (χ1) is 14.2. The number of nitrogens with zero attached hydrogens (tertiary/aromatic N) is 3. The van der Waals surface area contributed by atoms with Gasteiger partial charge in [0.15, 0.2) is 0 Å². The van der Waals surface area contributed by atoms with Gasteiger partial charge in [-0.3, -0.25) is 14.4 Å². The van der Waals surface area contributed by atoms with E-state index in [1.54, 1.807) is 12.4 Å². The standard InChI is InChI=1S/C22H29N5O3/c1-22(2,3)9-18(28)23-10-19(29)27-8-7-14-11-26(12-17(14)27)21(30)15-5-4-6-16-20(15)25-13-24-16/h4-6,13-14,17H,7-12H2,1-3H3,(H,23,28)(H,24,25)/t14-,17+/m1/s1. The zero-order valence-corrected chi connectivity index (χ0v) is 17.8. The zero-order chi connectivity index (χ0) is 21.5. The molecular weight excluding hydrogens is 382 g/mol. The maximum absolute atomic E-state index is 13.1. The molecule has 160 valence electrons. The second-order valence-corrected chi connectivity index (χ2v) is 9.53. The van der Waals surface area contributed by atoms with Crippen LogP contribution in [-0.2, 0) is 9.59 Å². The average Bonchev–Trinajstić information content (AvgIpc) is 3.38. The minimum absolute atomic E-state index is 0.0126. The third kappa shape index (κ3) is 4.04. The van der Waals surface area contributed by atoms with Crippen LogP contribution in [0.25, 0.3) is 11.0 Å². The first-order valence-electron chi connectivity index (χ1n) is 10.5. The SMILES string of the molecule is CC(C)(C)CC(=O)NCC(=O)N1CC[C@@H]2CN(C(=O)c3cccc4[nH]cnc34)C[C@@H]21. The Morgan fingerprint density at radius 3 is 2.80 bits per heavy atom. The Labute approximate surface area is 176 Å². The summed E-state index contributed by atoms with van der Waals surface area (Å²) in [7, 11) is 0. The van der Waals surface area contributed by atoms with E-state index in [1.807, 2.05) is 42.7 Å². The molecule has 3 heterocycles. The molecule has 2 aliphatic rings. The van der Waals surface area contributed by atoms with Gasteiger partial charge in [0.05, 0.1) is 30.0 Å². The monoisotopic (exact) mass is 411 g/mol. The van der Waals surface area contributed by atoms with Crippen molar-refractivity contribution in [3.8, 4) is 0 Å². The first-order valence-corrected chi connectivity index (χ1v) is 10.5. The molecule has 0 radical (unpaired) electrons. The van der Waals surface area contributed by atoms with Crippen LogP contribution in [0.2, 0.25) is 0 Å². The number of benzene rings is 1. The lowest BCUT2D eigenvalue weighted by Crippen LogP contribution is -2.45. The Morgan fingerprint density at radius 2 is 2.03 bits per heavy atom. The predicted molar refractivity (Wildman–Crippen MR) is 113 cm³/mol. The van der Waals surface area contributed by atoms with Gasteiger partial charge in [0.2, 0.25) is 11.8 Å². The van der Waals surface area contributed by atoms with Crippen LogP contribution in [0.1, 0.15) is 44.0 Å². The molecule has 1 aromatic heterocycles. The molecule has 0 aliphatic carbocycles. The van der Waals surface area contributed by atoms with E-state index in [4.69, 9.17) is 0 Å². The largest absolute Gasteiger partial charge is 0.347 e. The summed E-state index contributed by atoms with van der Waals surface area (Å²) in [6, 6.07) is 5.56. The van der Waals surface area contributed by atoms with Crippen molar-refractivity contribution in [3.05, 3.63) is 30.1 Å². The van der Waals surface area contributed by atoms with E-state index >= 15 is 0 Å². The number of imidazole rings is 1. The van der Waals surface area contributed by atoms with Crippen molar-refractivity contribution in [1.29, 1.82) is 0 Å². The molecule has 2 aromatic rings. The second kappa shape index (κ2) is 7.74. The summed E-state index contributed by atoms with van der Waals surface area (Å²) in [5.74, 6) is 0.0462. The molecule has 1 aromatic carbocycles. The number of fused-ring (bicyclic) bond motifs is 2.